The van der Waals surface area contributed by atoms with Gasteiger partial charge in [0.25, 0.3) is 0 Å². The summed E-state index contributed by atoms with van der Waals surface area (Å²) in [6.45, 7) is 1.83. The second kappa shape index (κ2) is 11.3. The predicted octanol–water partition coefficient (Wildman–Crippen LogP) is 4.94. The van der Waals surface area contributed by atoms with Crippen LogP contribution in [0.3, 0.4) is 0 Å². The Hall–Kier alpha value is -3.06. The Morgan fingerprint density at radius 3 is 2.53 bits per heavy atom. The van der Waals surface area contributed by atoms with Crippen LogP contribution in [0.5, 0.6) is 5.75 Å². The number of hydrogen-bond acceptors (Lipinski definition) is 4. The highest BCUT2D eigenvalue weighted by Crippen LogP contribution is 2.33. The van der Waals surface area contributed by atoms with E-state index in [2.05, 4.69) is 16.7 Å². The van der Waals surface area contributed by atoms with Crippen LogP contribution in [-0.4, -0.2) is 36.4 Å². The number of benzene rings is 3. The molecular weight excluding hydrogens is 497 g/mol. The Labute approximate surface area is 222 Å². The first-order valence-corrected chi connectivity index (χ1v) is 12.2. The Bertz CT molecular complexity index is 1250. The average Bonchev–Trinajstić information content (AvgIpc) is 3.51. The third-order valence-electron chi connectivity index (χ3n) is 6.79. The van der Waals surface area contributed by atoms with Gasteiger partial charge in [-0.15, -0.1) is 12.4 Å². The monoisotopic (exact) mass is 525 g/mol. The lowest BCUT2D eigenvalue weighted by Gasteiger charge is -2.20. The van der Waals surface area contributed by atoms with Crippen molar-refractivity contribution in [1.29, 1.82) is 0 Å². The molecular formula is C28H29Cl2N3O3. The van der Waals surface area contributed by atoms with E-state index in [1.54, 1.807) is 7.11 Å². The van der Waals surface area contributed by atoms with E-state index in [1.807, 2.05) is 65.6 Å². The average molecular weight is 526 g/mol. The molecule has 1 fully saturated rings. The van der Waals surface area contributed by atoms with Gasteiger partial charge in [0.05, 0.1) is 19.6 Å². The highest BCUT2D eigenvalue weighted by Gasteiger charge is 2.35. The van der Waals surface area contributed by atoms with Crippen LogP contribution in [0.15, 0.2) is 66.7 Å². The van der Waals surface area contributed by atoms with Gasteiger partial charge in [-0.05, 0) is 65.4 Å². The first-order chi connectivity index (χ1) is 17.0. The van der Waals surface area contributed by atoms with Gasteiger partial charge in [-0.25, -0.2) is 0 Å². The van der Waals surface area contributed by atoms with Gasteiger partial charge >= 0.3 is 0 Å². The third kappa shape index (κ3) is 5.67. The summed E-state index contributed by atoms with van der Waals surface area (Å²) in [6.07, 6.45) is 0.949. The first kappa shape index (κ1) is 26.0. The molecule has 6 nitrogen and oxygen atoms in total. The van der Waals surface area contributed by atoms with Crippen LogP contribution in [0.4, 0.5) is 5.69 Å². The molecule has 2 heterocycles. The summed E-state index contributed by atoms with van der Waals surface area (Å²) in [6, 6.07) is 21.0. The summed E-state index contributed by atoms with van der Waals surface area (Å²) >= 11 is 6.16. The van der Waals surface area contributed by atoms with Crippen molar-refractivity contribution in [3.63, 3.8) is 0 Å². The summed E-state index contributed by atoms with van der Waals surface area (Å²) in [5, 5.41) is 7.04. The Morgan fingerprint density at radius 1 is 1.06 bits per heavy atom. The van der Waals surface area contributed by atoms with Gasteiger partial charge < -0.3 is 20.3 Å². The van der Waals surface area contributed by atoms with Gasteiger partial charge in [-0.3, -0.25) is 9.59 Å². The molecule has 2 N–H and O–H groups in total. The molecule has 3 aromatic rings. The molecule has 2 aliphatic heterocycles. The molecule has 36 heavy (non-hydrogen) atoms. The minimum absolute atomic E-state index is 0. The van der Waals surface area contributed by atoms with Crippen molar-refractivity contribution >= 4 is 41.5 Å². The number of hydrogen-bond donors (Lipinski definition) is 2. The summed E-state index contributed by atoms with van der Waals surface area (Å²) < 4.78 is 5.58. The first-order valence-electron chi connectivity index (χ1n) is 11.8. The molecule has 2 amide bonds. The van der Waals surface area contributed by atoms with E-state index in [0.29, 0.717) is 18.8 Å². The van der Waals surface area contributed by atoms with Gasteiger partial charge in [-0.1, -0.05) is 41.9 Å². The second-order valence-electron chi connectivity index (χ2n) is 9.17. The molecule has 0 unspecified atom stereocenters. The fraction of sp³-hybridized carbons (Fsp3) is 0.286. The molecule has 5 rings (SSSR count). The maximum Gasteiger partial charge on any atom is 0.240 e. The zero-order valence-electron chi connectivity index (χ0n) is 20.0. The minimum Gasteiger partial charge on any atom is -0.496 e. The molecule has 0 spiro atoms. The van der Waals surface area contributed by atoms with Crippen molar-refractivity contribution in [2.75, 3.05) is 19.0 Å². The number of anilines is 1. The topological polar surface area (TPSA) is 70.7 Å². The van der Waals surface area contributed by atoms with Crippen molar-refractivity contribution in [3.05, 3.63) is 94.0 Å². The van der Waals surface area contributed by atoms with Crippen molar-refractivity contribution in [2.24, 2.45) is 0 Å². The number of rotatable bonds is 6. The number of nitrogens with one attached hydrogen (secondary N) is 2. The molecule has 0 radical (unpaired) electrons. The molecule has 1 saturated heterocycles. The maximum atomic E-state index is 13.3. The smallest absolute Gasteiger partial charge is 0.240 e. The molecule has 0 aliphatic carbocycles. The fourth-order valence-electron chi connectivity index (χ4n) is 5.02. The van der Waals surface area contributed by atoms with E-state index in [1.165, 1.54) is 0 Å². The van der Waals surface area contributed by atoms with E-state index in [9.17, 15) is 9.59 Å². The maximum absolute atomic E-state index is 13.3. The number of methoxy groups -OCH3 is 1. The van der Waals surface area contributed by atoms with E-state index in [-0.39, 0.29) is 42.6 Å². The number of ether oxygens (including phenoxy) is 1. The van der Waals surface area contributed by atoms with Gasteiger partial charge in [0.15, 0.2) is 0 Å². The minimum atomic E-state index is -0.216. The molecule has 2 aliphatic rings. The van der Waals surface area contributed by atoms with Crippen LogP contribution in [0.2, 0.25) is 5.02 Å². The summed E-state index contributed by atoms with van der Waals surface area (Å²) in [7, 11) is 1.61. The third-order valence-corrected chi connectivity index (χ3v) is 7.03. The molecule has 3 aromatic carbocycles. The molecule has 0 aromatic heterocycles. The van der Waals surface area contributed by atoms with E-state index < -0.39 is 0 Å². The zero-order chi connectivity index (χ0) is 24.4. The van der Waals surface area contributed by atoms with Crippen molar-refractivity contribution in [2.45, 2.75) is 37.9 Å². The fourth-order valence-corrected chi connectivity index (χ4v) is 5.22. The summed E-state index contributed by atoms with van der Waals surface area (Å²) in [4.78, 5) is 27.8. The number of fused-ring (bicyclic) bond motifs is 1. The number of nitrogens with zero attached hydrogens (tertiary/aromatic N) is 1. The van der Waals surface area contributed by atoms with E-state index in [4.69, 9.17) is 16.3 Å². The van der Waals surface area contributed by atoms with Crippen molar-refractivity contribution < 1.29 is 14.3 Å². The second-order valence-corrected chi connectivity index (χ2v) is 9.60. The lowest BCUT2D eigenvalue weighted by atomic mass is 9.96. The van der Waals surface area contributed by atoms with E-state index in [0.717, 1.165) is 45.9 Å². The Balaban J connectivity index is 0.00000304. The van der Waals surface area contributed by atoms with Crippen LogP contribution >= 0.6 is 24.0 Å². The van der Waals surface area contributed by atoms with Crippen LogP contribution in [0, 0.1) is 0 Å². The highest BCUT2D eigenvalue weighted by atomic mass is 35.5. The zero-order valence-corrected chi connectivity index (χ0v) is 21.6. The van der Waals surface area contributed by atoms with Gasteiger partial charge in [0.2, 0.25) is 11.8 Å². The van der Waals surface area contributed by atoms with Crippen LogP contribution in [0.1, 0.15) is 34.6 Å². The number of amides is 2. The molecule has 2 atom stereocenters. The standard InChI is InChI=1S/C28H28ClN3O3.ClH/c1-35-26-13-22-17-32(28(34)25-12-20(15-30-25)18-6-5-7-23(29)11-18)16-21(22)10-19(26)14-27(33)31-24-8-3-2-4-9-24;/h2-11,13,20,25,30H,12,14-17H2,1H3,(H,31,33);1H/t20-,25-;/m1./s1. The number of carbonyl (C=O) groups excluding carboxylic acids is 2. The number of para-hydroxylation sites is 1. The van der Waals surface area contributed by atoms with E-state index >= 15 is 0 Å². The van der Waals surface area contributed by atoms with Crippen LogP contribution < -0.4 is 15.4 Å². The Kier molecular flexibility index (Phi) is 8.19. The van der Waals surface area contributed by atoms with Gasteiger partial charge in [-0.2, -0.15) is 0 Å². The SMILES string of the molecule is COc1cc2c(cc1CC(=O)Nc1ccccc1)CN(C(=O)[C@H]1C[C@@H](c3cccc(Cl)c3)CN1)C2.Cl. The highest BCUT2D eigenvalue weighted by molar-refractivity contribution is 6.30. The molecule has 8 heteroatoms. The molecule has 0 saturated carbocycles. The van der Waals surface area contributed by atoms with Crippen molar-refractivity contribution in [1.82, 2.24) is 10.2 Å². The number of halogens is 2. The number of carbonyl (C=O) groups is 2. The van der Waals surface area contributed by atoms with Gasteiger partial charge in [0.1, 0.15) is 5.75 Å². The van der Waals surface area contributed by atoms with Crippen LogP contribution in [-0.2, 0) is 29.1 Å². The van der Waals surface area contributed by atoms with Gasteiger partial charge in [0, 0.05) is 35.9 Å². The van der Waals surface area contributed by atoms with Crippen molar-refractivity contribution in [3.8, 4) is 5.75 Å². The van der Waals surface area contributed by atoms with Crippen LogP contribution in [0.25, 0.3) is 0 Å². The summed E-state index contributed by atoms with van der Waals surface area (Å²) in [5.41, 5.74) is 4.86. The molecule has 188 valence electrons. The summed E-state index contributed by atoms with van der Waals surface area (Å²) in [5.74, 6) is 0.930. The predicted molar refractivity (Wildman–Crippen MR) is 144 cm³/mol. The largest absolute Gasteiger partial charge is 0.496 e. The molecule has 0 bridgehead atoms. The quantitative estimate of drug-likeness (QED) is 0.478. The lowest BCUT2D eigenvalue weighted by molar-refractivity contribution is -0.133. The lowest BCUT2D eigenvalue weighted by Crippen LogP contribution is -2.40. The Morgan fingerprint density at radius 2 is 1.81 bits per heavy atom. The normalized spacial score (nSPS) is 18.3.